The van der Waals surface area contributed by atoms with Crippen molar-refractivity contribution < 1.29 is 21.8 Å². The van der Waals surface area contributed by atoms with Gasteiger partial charge in [-0.3, -0.25) is 9.11 Å². The molecule has 82 valence electrons. The van der Waals surface area contributed by atoms with Gasteiger partial charge < -0.3 is 0 Å². The summed E-state index contributed by atoms with van der Waals surface area (Å²) in [6.45, 7) is 1.81. The van der Waals surface area contributed by atoms with E-state index in [-0.39, 0.29) is 4.90 Å². The number of hydrogen-bond acceptors (Lipinski definition) is 2. The van der Waals surface area contributed by atoms with E-state index in [9.17, 15) is 17.9 Å². The summed E-state index contributed by atoms with van der Waals surface area (Å²) in [7, 11) is -3.68. The summed E-state index contributed by atoms with van der Waals surface area (Å²) < 4.78 is 46.0. The van der Waals surface area contributed by atoms with Gasteiger partial charge in [-0.25, -0.2) is 0 Å². The molecule has 0 heterocycles. The molecule has 1 aromatic rings. The Morgan fingerprint density at radius 2 is 1.80 bits per heavy atom. The van der Waals surface area contributed by atoms with Gasteiger partial charge in [0.25, 0.3) is 0 Å². The molecule has 2 N–H and O–H groups in total. The summed E-state index contributed by atoms with van der Waals surface area (Å²) in [6.07, 6.45) is -2.25. The SMILES string of the molecule is Cc1ccc(S(O)(O)[O+]=C=C(F)F)cc1. The molecule has 0 aliphatic heterocycles. The summed E-state index contributed by atoms with van der Waals surface area (Å²) in [4.78, 5) is 0.0295. The fourth-order valence-corrected chi connectivity index (χ4v) is 1.62. The zero-order valence-electron chi connectivity index (χ0n) is 7.78. The zero-order chi connectivity index (χ0) is 11.5. The van der Waals surface area contributed by atoms with Crippen LogP contribution in [0.2, 0.25) is 0 Å². The lowest BCUT2D eigenvalue weighted by molar-refractivity contribution is 0.262. The van der Waals surface area contributed by atoms with Gasteiger partial charge >= 0.3 is 22.9 Å². The highest BCUT2D eigenvalue weighted by atomic mass is 32.3. The summed E-state index contributed by atoms with van der Waals surface area (Å²) in [6, 6.07) is 6.01. The molecule has 3 nitrogen and oxygen atoms in total. The van der Waals surface area contributed by atoms with Gasteiger partial charge in [-0.15, -0.1) is 0 Å². The van der Waals surface area contributed by atoms with Gasteiger partial charge in [0, 0.05) is 0 Å². The van der Waals surface area contributed by atoms with Crippen LogP contribution >= 0.6 is 10.9 Å². The first-order valence-corrected chi connectivity index (χ1v) is 5.36. The Hall–Kier alpha value is -1.20. The van der Waals surface area contributed by atoms with Crippen molar-refractivity contribution in [2.45, 2.75) is 11.8 Å². The van der Waals surface area contributed by atoms with E-state index in [2.05, 4.69) is 3.87 Å². The van der Waals surface area contributed by atoms with E-state index in [0.29, 0.717) is 0 Å². The Labute approximate surface area is 86.9 Å². The van der Waals surface area contributed by atoms with Crippen molar-refractivity contribution >= 4 is 16.8 Å². The van der Waals surface area contributed by atoms with Gasteiger partial charge in [-0.2, -0.15) is 8.78 Å². The predicted molar refractivity (Wildman–Crippen MR) is 53.7 cm³/mol. The smallest absolute Gasteiger partial charge is 0.253 e. The van der Waals surface area contributed by atoms with Gasteiger partial charge in [0.1, 0.15) is 4.90 Å². The molecule has 1 aromatic carbocycles. The predicted octanol–water partition coefficient (Wildman–Crippen LogP) is 3.17. The van der Waals surface area contributed by atoms with Crippen LogP contribution in [0.1, 0.15) is 5.56 Å². The van der Waals surface area contributed by atoms with E-state index in [1.54, 1.807) is 12.1 Å². The van der Waals surface area contributed by atoms with Crippen molar-refractivity contribution in [2.75, 3.05) is 0 Å². The molecule has 0 bridgehead atoms. The van der Waals surface area contributed by atoms with E-state index in [4.69, 9.17) is 0 Å². The van der Waals surface area contributed by atoms with Crippen LogP contribution in [0, 0.1) is 6.92 Å². The molecule has 0 atom stereocenters. The van der Waals surface area contributed by atoms with Crippen molar-refractivity contribution in [1.29, 1.82) is 0 Å². The third-order valence-corrected chi connectivity index (χ3v) is 2.77. The summed E-state index contributed by atoms with van der Waals surface area (Å²) in [5.41, 5.74) is 0.908. The lowest BCUT2D eigenvalue weighted by Crippen LogP contribution is -1.97. The number of rotatable bonds is 2. The third-order valence-electron chi connectivity index (χ3n) is 1.56. The van der Waals surface area contributed by atoms with E-state index in [1.165, 1.54) is 12.1 Å². The molecule has 0 aliphatic carbocycles. The Kier molecular flexibility index (Phi) is 3.60. The lowest BCUT2D eigenvalue weighted by atomic mass is 10.2. The number of halogens is 2. The molecule has 1 rings (SSSR count). The fourth-order valence-electron chi connectivity index (χ4n) is 0.853. The first-order valence-electron chi connectivity index (χ1n) is 3.89. The molecule has 0 saturated carbocycles. The molecule has 0 radical (unpaired) electrons. The highest BCUT2D eigenvalue weighted by Gasteiger charge is 2.32. The maximum Gasteiger partial charge on any atom is 0.446 e. The van der Waals surface area contributed by atoms with Gasteiger partial charge in [0.2, 0.25) is 0 Å². The van der Waals surface area contributed by atoms with Gasteiger partial charge in [-0.05, 0) is 19.1 Å². The zero-order valence-corrected chi connectivity index (χ0v) is 8.59. The molecular weight excluding hydrogens is 226 g/mol. The average Bonchev–Trinajstić information content (AvgIpc) is 2.16. The Morgan fingerprint density at radius 3 is 2.27 bits per heavy atom. The molecule has 0 unspecified atom stereocenters. The van der Waals surface area contributed by atoms with E-state index in [1.807, 2.05) is 6.92 Å². The summed E-state index contributed by atoms with van der Waals surface area (Å²) >= 11 is 0. The van der Waals surface area contributed by atoms with Crippen molar-refractivity contribution in [3.63, 3.8) is 0 Å². The maximum atomic E-state index is 11.6. The third kappa shape index (κ3) is 3.45. The highest BCUT2D eigenvalue weighted by Crippen LogP contribution is 2.45. The number of benzene rings is 1. The first kappa shape index (κ1) is 11.9. The van der Waals surface area contributed by atoms with Crippen LogP contribution in [0.3, 0.4) is 0 Å². The van der Waals surface area contributed by atoms with Crippen LogP contribution in [-0.2, 0) is 3.87 Å². The molecule has 0 saturated heterocycles. The fraction of sp³-hybridized carbons (Fsp3) is 0.111. The second kappa shape index (κ2) is 4.55. The number of carbonyl (C=O) groups excluding carboxylic acids is 1. The minimum Gasteiger partial charge on any atom is -0.253 e. The molecule has 15 heavy (non-hydrogen) atoms. The molecule has 0 spiro atoms. The largest absolute Gasteiger partial charge is 0.446 e. The van der Waals surface area contributed by atoms with Gasteiger partial charge in [0.15, 0.2) is 0 Å². The van der Waals surface area contributed by atoms with E-state index >= 15 is 0 Å². The Bertz CT molecular complexity index is 404. The lowest BCUT2D eigenvalue weighted by Gasteiger charge is -2.07. The molecule has 0 fully saturated rings. The van der Waals surface area contributed by atoms with Crippen LogP contribution in [0.25, 0.3) is 0 Å². The van der Waals surface area contributed by atoms with Crippen molar-refractivity contribution in [2.24, 2.45) is 0 Å². The monoisotopic (exact) mass is 235 g/mol. The van der Waals surface area contributed by atoms with Crippen molar-refractivity contribution in [1.82, 2.24) is 0 Å². The molecular formula is C9H9F2O3S+. The average molecular weight is 235 g/mol. The van der Waals surface area contributed by atoms with Crippen LogP contribution in [0.15, 0.2) is 35.2 Å². The summed E-state index contributed by atoms with van der Waals surface area (Å²) in [5, 5.41) is 0. The molecule has 6 heteroatoms. The van der Waals surface area contributed by atoms with Crippen LogP contribution in [-0.4, -0.2) is 15.0 Å². The van der Waals surface area contributed by atoms with Crippen molar-refractivity contribution in [3.8, 4) is 0 Å². The quantitative estimate of drug-likeness (QED) is 0.611. The standard InChI is InChI=1S/C9H8F2O3S/c1-7-2-4-8(5-3-7)15(12,13)14-6-9(10)11/h2-5H,1H3,(H-,12,13)/p+1. The van der Waals surface area contributed by atoms with Crippen molar-refractivity contribution in [3.05, 3.63) is 35.9 Å². The molecule has 0 aliphatic rings. The maximum absolute atomic E-state index is 11.6. The van der Waals surface area contributed by atoms with Gasteiger partial charge in [0.05, 0.1) is 0 Å². The second-order valence-corrected chi connectivity index (χ2v) is 4.39. The second-order valence-electron chi connectivity index (χ2n) is 2.76. The van der Waals surface area contributed by atoms with E-state index in [0.717, 1.165) is 11.5 Å². The minimum atomic E-state index is -3.68. The van der Waals surface area contributed by atoms with Crippen LogP contribution in [0.4, 0.5) is 8.78 Å². The normalized spacial score (nSPS) is 11.8. The molecule has 0 aromatic heterocycles. The highest BCUT2D eigenvalue weighted by molar-refractivity contribution is 8.19. The Morgan fingerprint density at radius 1 is 1.27 bits per heavy atom. The van der Waals surface area contributed by atoms with Gasteiger partial charge in [-0.1, -0.05) is 21.6 Å². The topological polar surface area (TPSA) is 51.8 Å². The van der Waals surface area contributed by atoms with E-state index < -0.39 is 17.0 Å². The molecule has 0 amide bonds. The van der Waals surface area contributed by atoms with Crippen LogP contribution in [0.5, 0.6) is 0 Å². The number of hydrogen-bond donors (Lipinski definition) is 2. The Balaban J connectivity index is 3.06. The van der Waals surface area contributed by atoms with Crippen LogP contribution < -0.4 is 0 Å². The minimum absolute atomic E-state index is 0.0295. The number of aryl methyl sites for hydroxylation is 1. The summed E-state index contributed by atoms with van der Waals surface area (Å²) in [5.74, 6) is 1.12. The first-order chi connectivity index (χ1) is 6.92.